The molecule has 7 rings (SSSR count). The number of aliphatic hydroxyl groups excluding tert-OH is 2. The molecule has 2 aromatic heterocycles. The minimum atomic E-state index is -0.889. The molecule has 5 aromatic carbocycles. The third-order valence-electron chi connectivity index (χ3n) is 9.53. The van der Waals surface area contributed by atoms with Gasteiger partial charge in [0.1, 0.15) is 5.54 Å². The Bertz CT molecular complexity index is 2190. The molecule has 2 N–H and O–H groups in total. The molecule has 51 heavy (non-hydrogen) atoms. The van der Waals surface area contributed by atoms with Gasteiger partial charge in [0.15, 0.2) is 5.82 Å². The fraction of sp³-hybridized carbons (Fsp3) is 0.163. The quantitative estimate of drug-likeness (QED) is 0.136. The minimum Gasteiger partial charge on any atom is -0.392 e. The van der Waals surface area contributed by atoms with Crippen molar-refractivity contribution >= 4 is 0 Å². The van der Waals surface area contributed by atoms with E-state index in [1.807, 2.05) is 96.5 Å². The Morgan fingerprint density at radius 1 is 0.647 bits per heavy atom. The van der Waals surface area contributed by atoms with Crippen molar-refractivity contribution in [3.8, 4) is 22.5 Å². The number of aliphatic hydroxyl groups is 2. The number of rotatable bonds is 12. The second kappa shape index (κ2) is 14.9. The van der Waals surface area contributed by atoms with Crippen LogP contribution in [0, 0.1) is 0 Å². The van der Waals surface area contributed by atoms with Crippen molar-refractivity contribution in [2.24, 2.45) is 0 Å². The second-order valence-electron chi connectivity index (χ2n) is 12.6. The van der Waals surface area contributed by atoms with Gasteiger partial charge in [-0.25, -0.2) is 4.68 Å². The first-order valence-corrected chi connectivity index (χ1v) is 17.2. The van der Waals surface area contributed by atoms with Crippen LogP contribution in [0.2, 0.25) is 0 Å². The van der Waals surface area contributed by atoms with Crippen molar-refractivity contribution in [1.82, 2.24) is 24.8 Å². The maximum atomic E-state index is 13.4. The van der Waals surface area contributed by atoms with E-state index in [1.54, 1.807) is 10.6 Å². The van der Waals surface area contributed by atoms with Gasteiger partial charge in [-0.15, -0.1) is 5.10 Å². The van der Waals surface area contributed by atoms with E-state index in [0.29, 0.717) is 24.4 Å². The van der Waals surface area contributed by atoms with Crippen LogP contribution in [-0.4, -0.2) is 35.0 Å². The van der Waals surface area contributed by atoms with Crippen LogP contribution in [0.3, 0.4) is 0 Å². The molecule has 0 bridgehead atoms. The molecule has 2 heterocycles. The molecule has 0 amide bonds. The number of benzene rings is 5. The van der Waals surface area contributed by atoms with Crippen molar-refractivity contribution in [3.63, 3.8) is 0 Å². The topological polar surface area (TPSA) is 106 Å². The number of tetrazole rings is 1. The van der Waals surface area contributed by atoms with Crippen LogP contribution in [0.5, 0.6) is 0 Å². The van der Waals surface area contributed by atoms with Gasteiger partial charge in [0.25, 0.3) is 5.56 Å². The summed E-state index contributed by atoms with van der Waals surface area (Å²) in [6, 6.07) is 48.9. The maximum absolute atomic E-state index is 13.4. The molecule has 0 aliphatic rings. The zero-order chi connectivity index (χ0) is 35.2. The molecular weight excluding hydrogens is 635 g/mol. The standard InChI is InChI=1S/C43H39N5O3/c1-2-14-40-33(29-49)27-34(30-50)42(51)47(40)28-31-23-25-32(26-24-31)38-21-12-13-22-39(38)41-44-45-46-48(41)43(35-15-6-3-7-16-35,36-17-8-4-9-18-36)37-19-10-5-11-20-37/h3-13,15-27,49-50H,2,14,28-30H2,1H3. The molecule has 0 aliphatic carbocycles. The number of aromatic nitrogens is 5. The predicted molar refractivity (Wildman–Crippen MR) is 199 cm³/mol. The summed E-state index contributed by atoms with van der Waals surface area (Å²) in [5, 5.41) is 33.6. The zero-order valence-corrected chi connectivity index (χ0v) is 28.4. The van der Waals surface area contributed by atoms with Crippen LogP contribution in [0.15, 0.2) is 150 Å². The second-order valence-corrected chi connectivity index (χ2v) is 12.6. The van der Waals surface area contributed by atoms with Gasteiger partial charge in [0.2, 0.25) is 0 Å². The van der Waals surface area contributed by atoms with E-state index in [-0.39, 0.29) is 24.3 Å². The smallest absolute Gasteiger partial charge is 0.256 e. The van der Waals surface area contributed by atoms with Crippen molar-refractivity contribution in [2.75, 3.05) is 0 Å². The molecule has 0 saturated carbocycles. The molecule has 0 aliphatic heterocycles. The summed E-state index contributed by atoms with van der Waals surface area (Å²) in [5.74, 6) is 0.611. The molecular formula is C43H39N5O3. The van der Waals surface area contributed by atoms with E-state index in [0.717, 1.165) is 51.1 Å². The van der Waals surface area contributed by atoms with Crippen LogP contribution in [-0.2, 0) is 31.7 Å². The lowest BCUT2D eigenvalue weighted by Crippen LogP contribution is -2.39. The summed E-state index contributed by atoms with van der Waals surface area (Å²) in [6.07, 6.45) is 1.47. The Labute approximate surface area is 296 Å². The molecule has 7 aromatic rings. The van der Waals surface area contributed by atoms with E-state index in [1.165, 1.54) is 0 Å². The third-order valence-corrected chi connectivity index (χ3v) is 9.53. The highest BCUT2D eigenvalue weighted by Gasteiger charge is 2.42. The number of pyridine rings is 1. The summed E-state index contributed by atoms with van der Waals surface area (Å²) in [5.41, 5.74) is 7.39. The molecule has 0 saturated heterocycles. The van der Waals surface area contributed by atoms with Crippen molar-refractivity contribution in [1.29, 1.82) is 0 Å². The first-order chi connectivity index (χ1) is 25.1. The number of hydrogen-bond donors (Lipinski definition) is 2. The summed E-state index contributed by atoms with van der Waals surface area (Å²) in [4.78, 5) is 13.4. The zero-order valence-electron chi connectivity index (χ0n) is 28.4. The summed E-state index contributed by atoms with van der Waals surface area (Å²) in [7, 11) is 0. The van der Waals surface area contributed by atoms with E-state index in [9.17, 15) is 15.0 Å². The van der Waals surface area contributed by atoms with Crippen LogP contribution in [0.4, 0.5) is 0 Å². The summed E-state index contributed by atoms with van der Waals surface area (Å²) in [6.45, 7) is 1.79. The fourth-order valence-electron chi connectivity index (χ4n) is 7.16. The van der Waals surface area contributed by atoms with Crippen LogP contribution in [0.25, 0.3) is 22.5 Å². The van der Waals surface area contributed by atoms with Gasteiger partial charge in [-0.3, -0.25) is 4.79 Å². The first kappa shape index (κ1) is 33.5. The molecule has 8 nitrogen and oxygen atoms in total. The third kappa shape index (κ3) is 6.20. The van der Waals surface area contributed by atoms with E-state index >= 15 is 0 Å². The molecule has 0 unspecified atom stereocenters. The van der Waals surface area contributed by atoms with Gasteiger partial charge in [-0.1, -0.05) is 153 Å². The lowest BCUT2D eigenvalue weighted by Gasteiger charge is -2.36. The van der Waals surface area contributed by atoms with Crippen LogP contribution >= 0.6 is 0 Å². The largest absolute Gasteiger partial charge is 0.392 e. The highest BCUT2D eigenvalue weighted by molar-refractivity contribution is 5.81. The van der Waals surface area contributed by atoms with Crippen molar-refractivity contribution < 1.29 is 10.2 Å². The average Bonchev–Trinajstić information content (AvgIpc) is 3.68. The van der Waals surface area contributed by atoms with Gasteiger partial charge in [0, 0.05) is 16.8 Å². The van der Waals surface area contributed by atoms with E-state index in [4.69, 9.17) is 5.21 Å². The highest BCUT2D eigenvalue weighted by atomic mass is 16.3. The predicted octanol–water partition coefficient (Wildman–Crippen LogP) is 6.99. The highest BCUT2D eigenvalue weighted by Crippen LogP contribution is 2.43. The Balaban J connectivity index is 1.35. The summed E-state index contributed by atoms with van der Waals surface area (Å²) < 4.78 is 3.63. The van der Waals surface area contributed by atoms with Crippen molar-refractivity contribution in [2.45, 2.75) is 45.1 Å². The summed E-state index contributed by atoms with van der Waals surface area (Å²) >= 11 is 0. The van der Waals surface area contributed by atoms with Gasteiger partial charge in [-0.05, 0) is 61.9 Å². The Morgan fingerprint density at radius 2 is 1.18 bits per heavy atom. The molecule has 0 radical (unpaired) electrons. The molecule has 254 valence electrons. The van der Waals surface area contributed by atoms with Gasteiger partial charge in [0.05, 0.1) is 19.8 Å². The molecule has 0 spiro atoms. The van der Waals surface area contributed by atoms with Crippen LogP contribution in [0.1, 0.15) is 52.4 Å². The monoisotopic (exact) mass is 673 g/mol. The van der Waals surface area contributed by atoms with Crippen LogP contribution < -0.4 is 5.56 Å². The Kier molecular flexibility index (Phi) is 9.78. The van der Waals surface area contributed by atoms with E-state index < -0.39 is 5.54 Å². The maximum Gasteiger partial charge on any atom is 0.256 e. The minimum absolute atomic E-state index is 0.197. The number of hydrogen-bond acceptors (Lipinski definition) is 6. The van der Waals surface area contributed by atoms with Gasteiger partial charge < -0.3 is 14.8 Å². The van der Waals surface area contributed by atoms with Gasteiger partial charge >= 0.3 is 0 Å². The normalized spacial score (nSPS) is 11.5. The first-order valence-electron chi connectivity index (χ1n) is 17.2. The van der Waals surface area contributed by atoms with E-state index in [2.05, 4.69) is 64.9 Å². The Hall–Kier alpha value is -5.96. The fourth-order valence-corrected chi connectivity index (χ4v) is 7.16. The number of nitrogens with zero attached hydrogens (tertiary/aromatic N) is 5. The lowest BCUT2D eigenvalue weighted by molar-refractivity contribution is 0.270. The molecule has 8 heteroatoms. The SMILES string of the molecule is CCCc1c(CO)cc(CO)c(=O)n1Cc1ccc(-c2ccccc2-c2nnnn2C(c2ccccc2)(c2ccccc2)c2ccccc2)cc1. The lowest BCUT2D eigenvalue weighted by atomic mass is 9.77. The Morgan fingerprint density at radius 3 is 1.71 bits per heavy atom. The van der Waals surface area contributed by atoms with Gasteiger partial charge in [-0.2, -0.15) is 0 Å². The van der Waals surface area contributed by atoms with Crippen molar-refractivity contribution in [3.05, 3.63) is 195 Å². The average molecular weight is 674 g/mol. The molecule has 0 fully saturated rings. The molecule has 0 atom stereocenters.